The van der Waals surface area contributed by atoms with Crippen molar-refractivity contribution in [2.45, 2.75) is 17.4 Å². The second-order valence-corrected chi connectivity index (χ2v) is 8.46. The van der Waals surface area contributed by atoms with Crippen LogP contribution in [-0.4, -0.2) is 18.3 Å². The van der Waals surface area contributed by atoms with E-state index in [4.69, 9.17) is 5.26 Å². The topological polar surface area (TPSA) is 126 Å². The summed E-state index contributed by atoms with van der Waals surface area (Å²) in [5, 5.41) is 22.3. The quantitative estimate of drug-likeness (QED) is 0.467. The Kier molecular flexibility index (Phi) is 5.79. The van der Waals surface area contributed by atoms with Crippen molar-refractivity contribution in [1.29, 1.82) is 5.26 Å². The molecule has 0 saturated heterocycles. The Hall–Kier alpha value is -3.13. The highest BCUT2D eigenvalue weighted by Gasteiger charge is 2.25. The number of thiazole rings is 1. The van der Waals surface area contributed by atoms with Gasteiger partial charge < -0.3 is 0 Å². The number of benzene rings is 2. The first-order valence-corrected chi connectivity index (χ1v) is 10.4. The van der Waals surface area contributed by atoms with E-state index in [0.717, 1.165) is 11.6 Å². The molecule has 0 aliphatic carbocycles. The van der Waals surface area contributed by atoms with Crippen LogP contribution in [0.25, 0.3) is 0 Å². The number of non-ortho nitro benzene ring substituents is 1. The van der Waals surface area contributed by atoms with Crippen LogP contribution in [0.2, 0.25) is 0 Å². The van der Waals surface area contributed by atoms with Crippen molar-refractivity contribution >= 4 is 27.0 Å². The van der Waals surface area contributed by atoms with Crippen LogP contribution in [0.5, 0.6) is 0 Å². The molecule has 0 fully saturated rings. The van der Waals surface area contributed by atoms with Gasteiger partial charge in [0.05, 0.1) is 27.5 Å². The molecule has 0 aliphatic rings. The molecule has 2 aromatic carbocycles. The molecule has 10 heteroatoms. The zero-order chi connectivity index (χ0) is 20.1. The van der Waals surface area contributed by atoms with Crippen LogP contribution in [0.1, 0.15) is 22.2 Å². The minimum atomic E-state index is -4.03. The minimum Gasteiger partial charge on any atom is -0.258 e. The van der Waals surface area contributed by atoms with Crippen molar-refractivity contribution in [3.05, 3.63) is 86.4 Å². The summed E-state index contributed by atoms with van der Waals surface area (Å²) in [4.78, 5) is 14.3. The molecule has 142 valence electrons. The number of nitriles is 1. The molecule has 0 radical (unpaired) electrons. The van der Waals surface area contributed by atoms with Gasteiger partial charge in [-0.3, -0.25) is 10.1 Å². The fraction of sp³-hybridized carbons (Fsp3) is 0.111. The van der Waals surface area contributed by atoms with E-state index in [0.29, 0.717) is 10.6 Å². The zero-order valence-corrected chi connectivity index (χ0v) is 16.0. The third-order valence-corrected chi connectivity index (χ3v) is 6.24. The molecular formula is C18H14N4O4S2. The predicted octanol–water partition coefficient (Wildman–Crippen LogP) is 3.19. The van der Waals surface area contributed by atoms with Crippen molar-refractivity contribution in [1.82, 2.24) is 9.71 Å². The van der Waals surface area contributed by atoms with Crippen LogP contribution < -0.4 is 4.72 Å². The van der Waals surface area contributed by atoms with Crippen molar-refractivity contribution in [2.75, 3.05) is 0 Å². The third kappa shape index (κ3) is 4.58. The molecule has 0 saturated carbocycles. The van der Waals surface area contributed by atoms with Gasteiger partial charge in [-0.1, -0.05) is 18.2 Å². The minimum absolute atomic E-state index is 0.200. The summed E-state index contributed by atoms with van der Waals surface area (Å²) in [6.07, 6.45) is 1.84. The highest BCUT2D eigenvalue weighted by molar-refractivity contribution is 7.89. The summed E-state index contributed by atoms with van der Waals surface area (Å²) in [6.45, 7) is 0. The highest BCUT2D eigenvalue weighted by atomic mass is 32.2. The van der Waals surface area contributed by atoms with E-state index in [2.05, 4.69) is 15.8 Å². The second kappa shape index (κ2) is 8.26. The third-order valence-electron chi connectivity index (χ3n) is 3.88. The Morgan fingerprint density at radius 1 is 1.25 bits per heavy atom. The van der Waals surface area contributed by atoms with Crippen LogP contribution in [-0.2, 0) is 16.4 Å². The fourth-order valence-corrected chi connectivity index (χ4v) is 4.61. The Morgan fingerprint density at radius 3 is 2.71 bits per heavy atom. The number of hydrogen-bond acceptors (Lipinski definition) is 7. The molecule has 1 N–H and O–H groups in total. The molecule has 1 unspecified atom stereocenters. The zero-order valence-electron chi connectivity index (χ0n) is 14.3. The lowest BCUT2D eigenvalue weighted by Crippen LogP contribution is -2.30. The molecule has 1 aromatic heterocycles. The van der Waals surface area contributed by atoms with E-state index in [9.17, 15) is 18.5 Å². The largest absolute Gasteiger partial charge is 0.270 e. The fourth-order valence-electron chi connectivity index (χ4n) is 2.61. The molecule has 0 aliphatic heterocycles. The van der Waals surface area contributed by atoms with Gasteiger partial charge in [0.25, 0.3) is 5.69 Å². The maximum Gasteiger partial charge on any atom is 0.270 e. The van der Waals surface area contributed by atoms with E-state index < -0.39 is 21.0 Å². The number of nitrogens with one attached hydrogen (secondary N) is 1. The molecule has 0 spiro atoms. The van der Waals surface area contributed by atoms with E-state index in [1.54, 1.807) is 35.8 Å². The van der Waals surface area contributed by atoms with Crippen molar-refractivity contribution in [3.63, 3.8) is 0 Å². The monoisotopic (exact) mass is 414 g/mol. The summed E-state index contributed by atoms with van der Waals surface area (Å²) in [5.41, 5.74) is 0.924. The van der Waals surface area contributed by atoms with E-state index >= 15 is 0 Å². The molecule has 0 amide bonds. The molecule has 28 heavy (non-hydrogen) atoms. The smallest absolute Gasteiger partial charge is 0.258 e. The lowest BCUT2D eigenvalue weighted by molar-refractivity contribution is -0.385. The number of aromatic nitrogens is 1. The first kappa shape index (κ1) is 19.6. The van der Waals surface area contributed by atoms with Gasteiger partial charge in [0.1, 0.15) is 5.01 Å². The van der Waals surface area contributed by atoms with Crippen LogP contribution in [0, 0.1) is 21.4 Å². The van der Waals surface area contributed by atoms with Gasteiger partial charge >= 0.3 is 0 Å². The van der Waals surface area contributed by atoms with Gasteiger partial charge in [-0.15, -0.1) is 11.3 Å². The number of rotatable bonds is 7. The average molecular weight is 414 g/mol. The first-order chi connectivity index (χ1) is 13.4. The summed E-state index contributed by atoms with van der Waals surface area (Å²) >= 11 is 1.29. The van der Waals surface area contributed by atoms with Crippen LogP contribution in [0.4, 0.5) is 5.69 Å². The summed E-state index contributed by atoms with van der Waals surface area (Å²) in [6, 6.07) is 13.1. The van der Waals surface area contributed by atoms with Crippen molar-refractivity contribution in [2.24, 2.45) is 0 Å². The number of hydrogen-bond donors (Lipinski definition) is 1. The van der Waals surface area contributed by atoms with E-state index in [1.807, 2.05) is 0 Å². The second-order valence-electron chi connectivity index (χ2n) is 5.81. The summed E-state index contributed by atoms with van der Waals surface area (Å²) in [5.74, 6) is 0. The molecular weight excluding hydrogens is 400 g/mol. The van der Waals surface area contributed by atoms with Crippen LogP contribution in [0.15, 0.2) is 65.0 Å². The van der Waals surface area contributed by atoms with Crippen molar-refractivity contribution < 1.29 is 13.3 Å². The van der Waals surface area contributed by atoms with E-state index in [1.165, 1.54) is 29.5 Å². The Morgan fingerprint density at radius 2 is 2.04 bits per heavy atom. The van der Waals surface area contributed by atoms with Crippen LogP contribution in [0.3, 0.4) is 0 Å². The average Bonchev–Trinajstić information content (AvgIpc) is 3.22. The number of nitrogens with zero attached hydrogens (tertiary/aromatic N) is 3. The first-order valence-electron chi connectivity index (χ1n) is 8.04. The number of sulfonamides is 1. The number of nitro groups is 1. The van der Waals surface area contributed by atoms with Crippen molar-refractivity contribution in [3.8, 4) is 6.07 Å². The molecule has 3 rings (SSSR count). The lowest BCUT2D eigenvalue weighted by atomic mass is 10.0. The molecule has 8 nitrogen and oxygen atoms in total. The van der Waals surface area contributed by atoms with Gasteiger partial charge in [-0.05, 0) is 30.2 Å². The molecule has 1 atom stereocenters. The number of nitro benzene ring substituents is 1. The predicted molar refractivity (Wildman–Crippen MR) is 103 cm³/mol. The summed E-state index contributed by atoms with van der Waals surface area (Å²) < 4.78 is 28.2. The van der Waals surface area contributed by atoms with Gasteiger partial charge in [-0.2, -0.15) is 5.26 Å². The molecule has 3 aromatic rings. The molecule has 1 heterocycles. The Balaban J connectivity index is 1.92. The Labute approximate surface area is 165 Å². The SMILES string of the molecule is N#Cc1cccc(CC(NS(=O)(=O)c2cccc([N+](=O)[O-])c2)c2nccs2)c1. The van der Waals surface area contributed by atoms with Gasteiger partial charge in [0.2, 0.25) is 10.0 Å². The van der Waals surface area contributed by atoms with Gasteiger partial charge in [-0.25, -0.2) is 18.1 Å². The summed E-state index contributed by atoms with van der Waals surface area (Å²) in [7, 11) is -4.03. The normalized spacial score (nSPS) is 12.2. The highest BCUT2D eigenvalue weighted by Crippen LogP contribution is 2.25. The van der Waals surface area contributed by atoms with Gasteiger partial charge in [0.15, 0.2) is 0 Å². The standard InChI is InChI=1S/C18H14N4O4S2/c19-12-14-4-1-3-13(9-14)10-17(18-20-7-8-27-18)21-28(25,26)16-6-2-5-15(11-16)22(23)24/h1-9,11,17,21H,10H2. The van der Waals surface area contributed by atoms with Gasteiger partial charge in [0, 0.05) is 23.7 Å². The molecule has 0 bridgehead atoms. The Bertz CT molecular complexity index is 1140. The van der Waals surface area contributed by atoms with E-state index in [-0.39, 0.29) is 17.0 Å². The maximum atomic E-state index is 12.8. The maximum absolute atomic E-state index is 12.8. The van der Waals surface area contributed by atoms with Crippen LogP contribution >= 0.6 is 11.3 Å². The lowest BCUT2D eigenvalue weighted by Gasteiger charge is -2.17.